The zero-order valence-electron chi connectivity index (χ0n) is 9.14. The van der Waals surface area contributed by atoms with E-state index >= 15 is 0 Å². The van der Waals surface area contributed by atoms with Crippen molar-refractivity contribution in [3.8, 4) is 22.8 Å². The van der Waals surface area contributed by atoms with E-state index in [0.29, 0.717) is 11.4 Å². The standard InChI is InChI=1S/C11H13N3O2/c1-14-11(8(12)6-13-14)7-3-4-9(15)10(5-7)16-2/h3-6,15H,12H2,1-2H3. The molecular weight excluding hydrogens is 206 g/mol. The number of methoxy groups -OCH3 is 1. The van der Waals surface area contributed by atoms with E-state index in [1.54, 1.807) is 29.1 Å². The third kappa shape index (κ3) is 1.56. The topological polar surface area (TPSA) is 73.3 Å². The average Bonchev–Trinajstić information content (AvgIpc) is 2.60. The lowest BCUT2D eigenvalue weighted by Gasteiger charge is -2.07. The van der Waals surface area contributed by atoms with E-state index in [0.717, 1.165) is 11.3 Å². The number of anilines is 1. The molecule has 0 unspecified atom stereocenters. The van der Waals surface area contributed by atoms with Gasteiger partial charge in [0, 0.05) is 12.6 Å². The van der Waals surface area contributed by atoms with Crippen molar-refractivity contribution in [3.05, 3.63) is 24.4 Å². The summed E-state index contributed by atoms with van der Waals surface area (Å²) in [5.74, 6) is 0.519. The van der Waals surface area contributed by atoms with Gasteiger partial charge in [-0.25, -0.2) is 0 Å². The molecule has 0 saturated carbocycles. The van der Waals surface area contributed by atoms with Gasteiger partial charge in [-0.2, -0.15) is 5.10 Å². The molecule has 5 nitrogen and oxygen atoms in total. The van der Waals surface area contributed by atoms with Crippen LogP contribution in [0.5, 0.6) is 11.5 Å². The number of rotatable bonds is 2. The Labute approximate surface area is 93.1 Å². The summed E-state index contributed by atoms with van der Waals surface area (Å²) in [6.45, 7) is 0. The summed E-state index contributed by atoms with van der Waals surface area (Å²) in [6.07, 6.45) is 1.59. The van der Waals surface area contributed by atoms with Gasteiger partial charge >= 0.3 is 0 Å². The smallest absolute Gasteiger partial charge is 0.161 e. The van der Waals surface area contributed by atoms with Crippen molar-refractivity contribution in [2.24, 2.45) is 7.05 Å². The normalized spacial score (nSPS) is 10.4. The van der Waals surface area contributed by atoms with Crippen molar-refractivity contribution in [2.45, 2.75) is 0 Å². The van der Waals surface area contributed by atoms with Crippen LogP contribution in [-0.4, -0.2) is 22.0 Å². The lowest BCUT2D eigenvalue weighted by atomic mass is 10.1. The van der Waals surface area contributed by atoms with E-state index in [1.165, 1.54) is 7.11 Å². The summed E-state index contributed by atoms with van der Waals surface area (Å²) < 4.78 is 6.72. The summed E-state index contributed by atoms with van der Waals surface area (Å²) in [7, 11) is 3.32. The molecule has 2 rings (SSSR count). The number of hydrogen-bond acceptors (Lipinski definition) is 4. The van der Waals surface area contributed by atoms with Gasteiger partial charge in [-0.05, 0) is 18.2 Å². The van der Waals surface area contributed by atoms with Crippen LogP contribution in [0.2, 0.25) is 0 Å². The predicted molar refractivity (Wildman–Crippen MR) is 61.3 cm³/mol. The molecule has 0 atom stereocenters. The quantitative estimate of drug-likeness (QED) is 0.800. The van der Waals surface area contributed by atoms with Gasteiger partial charge < -0.3 is 15.6 Å². The molecule has 1 aromatic carbocycles. The zero-order chi connectivity index (χ0) is 11.7. The first-order valence-corrected chi connectivity index (χ1v) is 4.78. The second-order valence-electron chi connectivity index (χ2n) is 3.46. The molecule has 0 aliphatic heterocycles. The maximum atomic E-state index is 9.49. The number of nitrogen functional groups attached to an aromatic ring is 1. The van der Waals surface area contributed by atoms with Crippen LogP contribution in [0, 0.1) is 0 Å². The number of ether oxygens (including phenoxy) is 1. The number of benzene rings is 1. The van der Waals surface area contributed by atoms with Crippen LogP contribution in [0.15, 0.2) is 24.4 Å². The van der Waals surface area contributed by atoms with Gasteiger partial charge in [0.2, 0.25) is 0 Å². The second kappa shape index (κ2) is 3.77. The van der Waals surface area contributed by atoms with E-state index in [2.05, 4.69) is 5.10 Å². The summed E-state index contributed by atoms with van der Waals surface area (Å²) >= 11 is 0. The Morgan fingerprint density at radius 1 is 1.44 bits per heavy atom. The molecule has 0 radical (unpaired) electrons. The fourth-order valence-corrected chi connectivity index (χ4v) is 1.63. The highest BCUT2D eigenvalue weighted by molar-refractivity contribution is 5.74. The molecule has 5 heteroatoms. The minimum absolute atomic E-state index is 0.104. The molecule has 0 aliphatic carbocycles. The fourth-order valence-electron chi connectivity index (χ4n) is 1.63. The van der Waals surface area contributed by atoms with E-state index in [4.69, 9.17) is 10.5 Å². The van der Waals surface area contributed by atoms with Gasteiger partial charge in [0.15, 0.2) is 11.5 Å². The third-order valence-corrected chi connectivity index (χ3v) is 2.42. The molecule has 16 heavy (non-hydrogen) atoms. The van der Waals surface area contributed by atoms with Crippen LogP contribution in [0.1, 0.15) is 0 Å². The maximum Gasteiger partial charge on any atom is 0.161 e. The number of phenolic OH excluding ortho intramolecular Hbond substituents is 1. The van der Waals surface area contributed by atoms with E-state index < -0.39 is 0 Å². The van der Waals surface area contributed by atoms with Crippen LogP contribution in [0.4, 0.5) is 5.69 Å². The molecule has 2 aromatic rings. The van der Waals surface area contributed by atoms with Crippen molar-refractivity contribution < 1.29 is 9.84 Å². The first kappa shape index (κ1) is 10.4. The van der Waals surface area contributed by atoms with Gasteiger partial charge in [-0.1, -0.05) is 0 Å². The average molecular weight is 219 g/mol. The Morgan fingerprint density at radius 3 is 2.75 bits per heavy atom. The number of nitrogens with two attached hydrogens (primary N) is 1. The van der Waals surface area contributed by atoms with Crippen molar-refractivity contribution in [2.75, 3.05) is 12.8 Å². The fraction of sp³-hybridized carbons (Fsp3) is 0.182. The van der Waals surface area contributed by atoms with Gasteiger partial charge in [0.05, 0.1) is 24.7 Å². The van der Waals surface area contributed by atoms with E-state index in [1.807, 2.05) is 7.05 Å². The molecule has 0 saturated heterocycles. The molecule has 3 N–H and O–H groups in total. The lowest BCUT2D eigenvalue weighted by Crippen LogP contribution is -1.96. The largest absolute Gasteiger partial charge is 0.504 e. The van der Waals surface area contributed by atoms with Crippen LogP contribution in [0.3, 0.4) is 0 Å². The monoisotopic (exact) mass is 219 g/mol. The summed E-state index contributed by atoms with van der Waals surface area (Å²) in [5.41, 5.74) is 8.07. The Kier molecular flexibility index (Phi) is 2.44. The van der Waals surface area contributed by atoms with E-state index in [9.17, 15) is 5.11 Å². The number of aromatic nitrogens is 2. The Balaban J connectivity index is 2.57. The number of aromatic hydroxyl groups is 1. The van der Waals surface area contributed by atoms with Crippen LogP contribution >= 0.6 is 0 Å². The molecule has 0 bridgehead atoms. The highest BCUT2D eigenvalue weighted by Crippen LogP contribution is 2.33. The van der Waals surface area contributed by atoms with Crippen molar-refractivity contribution in [3.63, 3.8) is 0 Å². The summed E-state index contributed by atoms with van der Waals surface area (Å²) in [5, 5.41) is 13.6. The summed E-state index contributed by atoms with van der Waals surface area (Å²) in [6, 6.07) is 5.06. The molecular formula is C11H13N3O2. The van der Waals surface area contributed by atoms with Crippen LogP contribution in [-0.2, 0) is 7.05 Å². The first-order chi connectivity index (χ1) is 7.63. The molecule has 0 amide bonds. The van der Waals surface area contributed by atoms with Crippen LogP contribution in [0.25, 0.3) is 11.3 Å². The SMILES string of the molecule is COc1cc(-c2c(N)cnn2C)ccc1O. The van der Waals surface area contributed by atoms with Crippen molar-refractivity contribution in [1.82, 2.24) is 9.78 Å². The zero-order valence-corrected chi connectivity index (χ0v) is 9.14. The molecule has 84 valence electrons. The number of hydrogen-bond donors (Lipinski definition) is 2. The molecule has 1 aromatic heterocycles. The highest BCUT2D eigenvalue weighted by atomic mass is 16.5. The highest BCUT2D eigenvalue weighted by Gasteiger charge is 2.10. The van der Waals surface area contributed by atoms with Gasteiger partial charge in [0.1, 0.15) is 0 Å². The minimum atomic E-state index is 0.104. The molecule has 0 aliphatic rings. The van der Waals surface area contributed by atoms with Gasteiger partial charge in [0.25, 0.3) is 0 Å². The Morgan fingerprint density at radius 2 is 2.19 bits per heavy atom. The van der Waals surface area contributed by atoms with Crippen molar-refractivity contribution in [1.29, 1.82) is 0 Å². The molecule has 1 heterocycles. The lowest BCUT2D eigenvalue weighted by molar-refractivity contribution is 0.373. The van der Waals surface area contributed by atoms with Crippen LogP contribution < -0.4 is 10.5 Å². The first-order valence-electron chi connectivity index (χ1n) is 4.78. The third-order valence-electron chi connectivity index (χ3n) is 2.42. The number of aryl methyl sites for hydroxylation is 1. The summed E-state index contributed by atoms with van der Waals surface area (Å²) in [4.78, 5) is 0. The van der Waals surface area contributed by atoms with E-state index in [-0.39, 0.29) is 5.75 Å². The van der Waals surface area contributed by atoms with Gasteiger partial charge in [-0.3, -0.25) is 4.68 Å². The Bertz CT molecular complexity index is 500. The van der Waals surface area contributed by atoms with Gasteiger partial charge in [-0.15, -0.1) is 0 Å². The minimum Gasteiger partial charge on any atom is -0.504 e. The number of phenols is 1. The Hall–Kier alpha value is -2.17. The molecule has 0 spiro atoms. The number of nitrogens with zero attached hydrogens (tertiary/aromatic N) is 2. The van der Waals surface area contributed by atoms with Crippen molar-refractivity contribution >= 4 is 5.69 Å². The molecule has 0 fully saturated rings. The maximum absolute atomic E-state index is 9.49. The second-order valence-corrected chi connectivity index (χ2v) is 3.46. The predicted octanol–water partition coefficient (Wildman–Crippen LogP) is 1.38.